The van der Waals surface area contributed by atoms with Crippen molar-refractivity contribution in [1.82, 2.24) is 0 Å². The minimum atomic E-state index is -1.15. The molecule has 2 rings (SSSR count). The number of benzene rings is 1. The summed E-state index contributed by atoms with van der Waals surface area (Å²) in [7, 11) is 0. The van der Waals surface area contributed by atoms with Gasteiger partial charge in [-0.15, -0.1) is 0 Å². The zero-order valence-electron chi connectivity index (χ0n) is 13.2. The Morgan fingerprint density at radius 3 is 2.52 bits per heavy atom. The highest BCUT2D eigenvalue weighted by molar-refractivity contribution is 5.89. The van der Waals surface area contributed by atoms with Crippen molar-refractivity contribution in [2.24, 2.45) is 0 Å². The molecule has 1 heterocycles. The number of aliphatic hydroxyl groups is 2. The maximum absolute atomic E-state index is 12.2. The summed E-state index contributed by atoms with van der Waals surface area (Å²) in [5.74, 6) is -1.49. The van der Waals surface area contributed by atoms with Crippen LogP contribution in [0.1, 0.15) is 24.2 Å². The van der Waals surface area contributed by atoms with Crippen molar-refractivity contribution in [3.05, 3.63) is 48.6 Å². The van der Waals surface area contributed by atoms with Crippen LogP contribution < -0.4 is 0 Å². The van der Waals surface area contributed by atoms with Crippen LogP contribution in [0.15, 0.2) is 43.0 Å². The first-order valence-electron chi connectivity index (χ1n) is 7.41. The SMILES string of the molecule is C=C[C@@H](OC(=O)c1ccccc1)[C@@H]1OC(C)(C)O[C@H]1[C@H](O)CO. The van der Waals surface area contributed by atoms with Crippen molar-refractivity contribution in [3.63, 3.8) is 0 Å². The molecule has 4 atom stereocenters. The summed E-state index contributed by atoms with van der Waals surface area (Å²) in [6, 6.07) is 8.54. The van der Waals surface area contributed by atoms with Crippen LogP contribution in [0.4, 0.5) is 0 Å². The molecule has 6 heteroatoms. The lowest BCUT2D eigenvalue weighted by atomic mass is 10.0. The lowest BCUT2D eigenvalue weighted by molar-refractivity contribution is -0.160. The lowest BCUT2D eigenvalue weighted by Gasteiger charge is -2.26. The highest BCUT2D eigenvalue weighted by atomic mass is 16.8. The summed E-state index contributed by atoms with van der Waals surface area (Å²) in [6.07, 6.45) is -2.15. The van der Waals surface area contributed by atoms with Gasteiger partial charge in [0, 0.05) is 0 Å². The normalized spacial score (nSPS) is 25.6. The molecule has 0 unspecified atom stereocenters. The van der Waals surface area contributed by atoms with Crippen molar-refractivity contribution in [3.8, 4) is 0 Å². The van der Waals surface area contributed by atoms with Gasteiger partial charge in [0.1, 0.15) is 24.4 Å². The van der Waals surface area contributed by atoms with Crippen molar-refractivity contribution in [2.45, 2.75) is 44.1 Å². The largest absolute Gasteiger partial charge is 0.452 e. The minimum absolute atomic E-state index is 0.400. The first kappa shape index (κ1) is 17.6. The molecule has 0 bridgehead atoms. The van der Waals surface area contributed by atoms with Crippen molar-refractivity contribution in [2.75, 3.05) is 6.61 Å². The van der Waals surface area contributed by atoms with Gasteiger partial charge >= 0.3 is 5.97 Å². The van der Waals surface area contributed by atoms with E-state index in [4.69, 9.17) is 14.2 Å². The number of rotatable bonds is 6. The molecule has 1 fully saturated rings. The highest BCUT2D eigenvalue weighted by Crippen LogP contribution is 2.33. The summed E-state index contributed by atoms with van der Waals surface area (Å²) in [4.78, 5) is 12.2. The molecule has 0 spiro atoms. The Kier molecular flexibility index (Phi) is 5.54. The zero-order chi connectivity index (χ0) is 17.0. The topological polar surface area (TPSA) is 85.2 Å². The monoisotopic (exact) mass is 322 g/mol. The number of carbonyl (C=O) groups excluding carboxylic acids is 1. The van der Waals surface area contributed by atoms with E-state index in [0.717, 1.165) is 0 Å². The Balaban J connectivity index is 2.15. The fraction of sp³-hybridized carbons (Fsp3) is 0.471. The van der Waals surface area contributed by atoms with Gasteiger partial charge in [-0.1, -0.05) is 24.8 Å². The summed E-state index contributed by atoms with van der Waals surface area (Å²) < 4.78 is 16.8. The Labute approximate surface area is 135 Å². The third-order valence-corrected chi connectivity index (χ3v) is 3.54. The van der Waals surface area contributed by atoms with E-state index in [0.29, 0.717) is 5.56 Å². The molecule has 0 aromatic heterocycles. The van der Waals surface area contributed by atoms with E-state index in [1.807, 2.05) is 0 Å². The van der Waals surface area contributed by atoms with E-state index in [9.17, 15) is 15.0 Å². The lowest BCUT2D eigenvalue weighted by Crippen LogP contribution is -2.44. The first-order chi connectivity index (χ1) is 10.9. The molecule has 1 aliphatic rings. The molecule has 6 nitrogen and oxygen atoms in total. The van der Waals surface area contributed by atoms with Gasteiger partial charge in [0.2, 0.25) is 0 Å². The van der Waals surface area contributed by atoms with E-state index in [-0.39, 0.29) is 0 Å². The minimum Gasteiger partial charge on any atom is -0.452 e. The van der Waals surface area contributed by atoms with Crippen molar-refractivity contribution in [1.29, 1.82) is 0 Å². The summed E-state index contributed by atoms with van der Waals surface area (Å²) >= 11 is 0. The van der Waals surface area contributed by atoms with Crippen LogP contribution >= 0.6 is 0 Å². The number of hydrogen-bond donors (Lipinski definition) is 2. The van der Waals surface area contributed by atoms with Gasteiger partial charge in [0.25, 0.3) is 0 Å². The fourth-order valence-corrected chi connectivity index (χ4v) is 2.49. The number of ether oxygens (including phenoxy) is 3. The van der Waals surface area contributed by atoms with E-state index in [2.05, 4.69) is 6.58 Å². The molecule has 2 N–H and O–H groups in total. The average molecular weight is 322 g/mol. The smallest absolute Gasteiger partial charge is 0.338 e. The van der Waals surface area contributed by atoms with Gasteiger partial charge in [-0.05, 0) is 32.1 Å². The quantitative estimate of drug-likeness (QED) is 0.606. The molecule has 0 radical (unpaired) electrons. The first-order valence-corrected chi connectivity index (χ1v) is 7.41. The molecule has 1 saturated heterocycles. The number of esters is 1. The Morgan fingerprint density at radius 1 is 1.35 bits per heavy atom. The molecule has 0 aliphatic carbocycles. The fourth-order valence-electron chi connectivity index (χ4n) is 2.49. The van der Waals surface area contributed by atoms with Crippen molar-refractivity contribution < 1.29 is 29.2 Å². The van der Waals surface area contributed by atoms with Gasteiger partial charge in [-0.3, -0.25) is 0 Å². The molecular formula is C17H22O6. The third kappa shape index (κ3) is 4.17. The highest BCUT2D eigenvalue weighted by Gasteiger charge is 2.48. The van der Waals surface area contributed by atoms with Crippen LogP contribution in [0.25, 0.3) is 0 Å². The van der Waals surface area contributed by atoms with Crippen molar-refractivity contribution >= 4 is 5.97 Å². The van der Waals surface area contributed by atoms with Gasteiger partial charge in [0.05, 0.1) is 12.2 Å². The van der Waals surface area contributed by atoms with Crippen LogP contribution in [-0.4, -0.2) is 53.0 Å². The molecule has 23 heavy (non-hydrogen) atoms. The third-order valence-electron chi connectivity index (χ3n) is 3.54. The second-order valence-corrected chi connectivity index (χ2v) is 5.79. The maximum Gasteiger partial charge on any atom is 0.338 e. The van der Waals surface area contributed by atoms with Gasteiger partial charge in [-0.2, -0.15) is 0 Å². The second kappa shape index (κ2) is 7.23. The molecule has 1 aromatic rings. The Hall–Kier alpha value is -1.73. The predicted molar refractivity (Wildman–Crippen MR) is 82.8 cm³/mol. The van der Waals surface area contributed by atoms with E-state index >= 15 is 0 Å². The number of aliphatic hydroxyl groups excluding tert-OH is 2. The molecule has 0 amide bonds. The van der Waals surface area contributed by atoms with Crippen LogP contribution in [0.2, 0.25) is 0 Å². The summed E-state index contributed by atoms with van der Waals surface area (Å²) in [5, 5.41) is 19.1. The van der Waals surface area contributed by atoms with Crippen LogP contribution in [-0.2, 0) is 14.2 Å². The van der Waals surface area contributed by atoms with Crippen LogP contribution in [0, 0.1) is 0 Å². The second-order valence-electron chi connectivity index (χ2n) is 5.79. The van der Waals surface area contributed by atoms with E-state index in [1.165, 1.54) is 6.08 Å². The summed E-state index contributed by atoms with van der Waals surface area (Å²) in [5.41, 5.74) is 0.400. The van der Waals surface area contributed by atoms with Crippen LogP contribution in [0.3, 0.4) is 0 Å². The number of hydrogen-bond acceptors (Lipinski definition) is 6. The molecule has 1 aromatic carbocycles. The Bertz CT molecular complexity index is 541. The van der Waals surface area contributed by atoms with Gasteiger partial charge < -0.3 is 24.4 Å². The molecule has 126 valence electrons. The van der Waals surface area contributed by atoms with Gasteiger partial charge in [-0.25, -0.2) is 4.79 Å². The summed E-state index contributed by atoms with van der Waals surface area (Å²) in [6.45, 7) is 6.54. The standard InChI is InChI=1S/C17H22O6/c1-4-13(21-16(20)11-8-6-5-7-9-11)15-14(12(19)10-18)22-17(2,3)23-15/h4-9,12-15,18-19H,1,10H2,2-3H3/t12-,13-,14+,15+/m1/s1. The zero-order valence-corrected chi connectivity index (χ0v) is 13.2. The van der Waals surface area contributed by atoms with Crippen LogP contribution in [0.5, 0.6) is 0 Å². The maximum atomic E-state index is 12.2. The molecule has 0 saturated carbocycles. The predicted octanol–water partition coefficient (Wildman–Crippen LogP) is 1.27. The average Bonchev–Trinajstić information content (AvgIpc) is 2.88. The molecular weight excluding hydrogens is 300 g/mol. The number of carbonyl (C=O) groups is 1. The Morgan fingerprint density at radius 2 is 1.96 bits per heavy atom. The molecule has 1 aliphatic heterocycles. The van der Waals surface area contributed by atoms with Gasteiger partial charge in [0.15, 0.2) is 5.79 Å². The van der Waals surface area contributed by atoms with E-state index in [1.54, 1.807) is 44.2 Å². The van der Waals surface area contributed by atoms with E-state index < -0.39 is 42.8 Å².